The van der Waals surface area contributed by atoms with E-state index in [4.69, 9.17) is 0 Å². The van der Waals surface area contributed by atoms with Gasteiger partial charge in [-0.25, -0.2) is 18.4 Å². The van der Waals surface area contributed by atoms with Gasteiger partial charge in [0.1, 0.15) is 29.9 Å². The first kappa shape index (κ1) is 21.7. The van der Waals surface area contributed by atoms with E-state index in [0.29, 0.717) is 5.92 Å². The smallest absolute Gasteiger partial charge is 0.137 e. The number of pyridine rings is 1. The molecule has 0 spiro atoms. The molecule has 0 fully saturated rings. The maximum atomic E-state index is 14.5. The van der Waals surface area contributed by atoms with Crippen molar-refractivity contribution in [2.45, 2.75) is 37.2 Å². The van der Waals surface area contributed by atoms with Gasteiger partial charge in [-0.2, -0.15) is 5.10 Å². The Morgan fingerprint density at radius 1 is 1.14 bits per heavy atom. The fraction of sp³-hybridized carbons (Fsp3) is 0.350. The zero-order valence-corrected chi connectivity index (χ0v) is 17.7. The third kappa shape index (κ3) is 5.34. The van der Waals surface area contributed by atoms with Gasteiger partial charge in [0.05, 0.1) is 6.54 Å². The van der Waals surface area contributed by atoms with E-state index in [9.17, 15) is 13.9 Å². The Morgan fingerprint density at radius 2 is 1.90 bits per heavy atom. The number of benzene rings is 1. The summed E-state index contributed by atoms with van der Waals surface area (Å²) in [5.74, 6) is -0.358. The average molecular weight is 437 g/mol. The number of nitrogens with zero attached hydrogens (tertiary/aromatic N) is 4. The summed E-state index contributed by atoms with van der Waals surface area (Å²) in [4.78, 5) is 7.92. The predicted octanol–water partition coefficient (Wildman–Crippen LogP) is 4.41. The van der Waals surface area contributed by atoms with Gasteiger partial charge in [0.15, 0.2) is 0 Å². The van der Waals surface area contributed by atoms with Crippen LogP contribution in [0.15, 0.2) is 55.4 Å². The molecule has 0 saturated carbocycles. The number of rotatable bonds is 9. The van der Waals surface area contributed by atoms with Crippen LogP contribution in [0.5, 0.6) is 0 Å². The Morgan fingerprint density at radius 3 is 2.55 bits per heavy atom. The van der Waals surface area contributed by atoms with E-state index < -0.39 is 22.5 Å². The van der Waals surface area contributed by atoms with Gasteiger partial charge in [-0.05, 0) is 36.6 Å². The van der Waals surface area contributed by atoms with Gasteiger partial charge in [-0.15, -0.1) is 0 Å². The van der Waals surface area contributed by atoms with Crippen molar-refractivity contribution in [1.29, 1.82) is 0 Å². The average Bonchev–Trinajstić information content (AvgIpc) is 3.21. The van der Waals surface area contributed by atoms with E-state index in [0.717, 1.165) is 17.9 Å². The van der Waals surface area contributed by atoms with Gasteiger partial charge in [0.25, 0.3) is 0 Å². The molecule has 9 heteroatoms. The van der Waals surface area contributed by atoms with Crippen LogP contribution in [0.3, 0.4) is 0 Å². The van der Waals surface area contributed by atoms with Gasteiger partial charge in [0.2, 0.25) is 0 Å². The molecule has 0 saturated heterocycles. The van der Waals surface area contributed by atoms with Gasteiger partial charge in [0, 0.05) is 35.0 Å². The Hall–Kier alpha value is -1.97. The van der Waals surface area contributed by atoms with Gasteiger partial charge >= 0.3 is 0 Å². The lowest BCUT2D eigenvalue weighted by Crippen LogP contribution is -2.41. The summed E-state index contributed by atoms with van der Waals surface area (Å²) < 4.78 is 29.4. The topological polar surface area (TPSA) is 63.8 Å². The molecule has 1 unspecified atom stereocenters. The predicted molar refractivity (Wildman–Crippen MR) is 112 cm³/mol. The number of aliphatic hydroxyl groups is 1. The Bertz CT molecular complexity index is 914. The minimum absolute atomic E-state index is 0.00415. The molecule has 1 aromatic carbocycles. The summed E-state index contributed by atoms with van der Waals surface area (Å²) in [5.41, 5.74) is -0.372. The maximum Gasteiger partial charge on any atom is 0.137 e. The molecule has 1 N–H and O–H groups in total. The van der Waals surface area contributed by atoms with Crippen molar-refractivity contribution in [3.8, 4) is 0 Å². The SMILES string of the molecule is CC(CSS[C@H](C)[C@](O)(Cn1cncn1)c1ccc(F)cc1F)c1ccncc1. The number of hydrogen-bond acceptors (Lipinski definition) is 6. The first-order valence-corrected chi connectivity index (χ1v) is 11.5. The molecule has 2 aromatic heterocycles. The lowest BCUT2D eigenvalue weighted by Gasteiger charge is -2.34. The molecule has 0 aliphatic heterocycles. The fourth-order valence-electron chi connectivity index (χ4n) is 2.95. The van der Waals surface area contributed by atoms with Crippen LogP contribution >= 0.6 is 21.6 Å². The van der Waals surface area contributed by atoms with Gasteiger partial charge in [-0.1, -0.05) is 34.6 Å². The van der Waals surface area contributed by atoms with Crippen molar-refractivity contribution >= 4 is 21.6 Å². The van der Waals surface area contributed by atoms with Crippen LogP contribution in [0, 0.1) is 11.6 Å². The highest BCUT2D eigenvalue weighted by atomic mass is 33.1. The molecule has 5 nitrogen and oxygen atoms in total. The van der Waals surface area contributed by atoms with E-state index in [1.807, 2.05) is 19.1 Å². The molecule has 3 atom stereocenters. The van der Waals surface area contributed by atoms with Crippen molar-refractivity contribution in [3.05, 3.63) is 78.1 Å². The summed E-state index contributed by atoms with van der Waals surface area (Å²) in [6.07, 6.45) is 6.34. The normalized spacial score (nSPS) is 15.6. The molecule has 0 amide bonds. The monoisotopic (exact) mass is 436 g/mol. The van der Waals surface area contributed by atoms with Crippen LogP contribution in [0.25, 0.3) is 0 Å². The number of halogens is 2. The van der Waals surface area contributed by atoms with Crippen molar-refractivity contribution in [1.82, 2.24) is 19.7 Å². The van der Waals surface area contributed by atoms with Crippen LogP contribution in [0.4, 0.5) is 8.78 Å². The second-order valence-corrected chi connectivity index (χ2v) is 9.60. The quantitative estimate of drug-likeness (QED) is 0.501. The highest BCUT2D eigenvalue weighted by Gasteiger charge is 2.39. The molecule has 2 heterocycles. The maximum absolute atomic E-state index is 14.5. The minimum Gasteiger partial charge on any atom is -0.382 e. The van der Waals surface area contributed by atoms with Crippen molar-refractivity contribution in [2.75, 3.05) is 5.75 Å². The minimum atomic E-state index is -1.59. The highest BCUT2D eigenvalue weighted by molar-refractivity contribution is 8.77. The molecule has 3 rings (SSSR count). The molecule has 154 valence electrons. The van der Waals surface area contributed by atoms with Gasteiger partial charge < -0.3 is 5.11 Å². The van der Waals surface area contributed by atoms with Crippen molar-refractivity contribution in [2.24, 2.45) is 0 Å². The Balaban J connectivity index is 1.74. The molecule has 3 aromatic rings. The Kier molecular flexibility index (Phi) is 7.26. The molecule has 0 bridgehead atoms. The van der Waals surface area contributed by atoms with Crippen molar-refractivity contribution in [3.63, 3.8) is 0 Å². The molecule has 29 heavy (non-hydrogen) atoms. The second kappa shape index (κ2) is 9.69. The summed E-state index contributed by atoms with van der Waals surface area (Å²) in [7, 11) is 3.07. The summed E-state index contributed by atoms with van der Waals surface area (Å²) in [6, 6.07) is 7.20. The second-order valence-electron chi connectivity index (χ2n) is 6.85. The summed E-state index contributed by atoms with van der Waals surface area (Å²) >= 11 is 0. The number of aromatic nitrogens is 4. The first-order chi connectivity index (χ1) is 13.9. The fourth-order valence-corrected chi connectivity index (χ4v) is 5.92. The third-order valence-electron chi connectivity index (χ3n) is 4.75. The molecule has 0 aliphatic rings. The number of hydrogen-bond donors (Lipinski definition) is 1. The van der Waals surface area contributed by atoms with Gasteiger partial charge in [-0.3, -0.25) is 4.98 Å². The lowest BCUT2D eigenvalue weighted by atomic mass is 9.90. The Labute approximate surface area is 176 Å². The summed E-state index contributed by atoms with van der Waals surface area (Å²) in [5, 5.41) is 15.1. The standard InChI is InChI=1S/C20H22F2N4OS2/c1-14(16-5-7-23-8-6-16)10-28-29-15(2)20(27,11-26-13-24-12-25-26)18-4-3-17(21)9-19(18)22/h3-9,12-15,27H,10-11H2,1-2H3/t14?,15-,20-/m1/s1. The summed E-state index contributed by atoms with van der Waals surface area (Å²) in [6.45, 7) is 3.95. The molecule has 0 radical (unpaired) electrons. The lowest BCUT2D eigenvalue weighted by molar-refractivity contribution is 0.0137. The zero-order valence-electron chi connectivity index (χ0n) is 16.1. The molecular formula is C20H22F2N4OS2. The van der Waals surface area contributed by atoms with Crippen LogP contribution in [0.2, 0.25) is 0 Å². The van der Waals surface area contributed by atoms with E-state index in [1.165, 1.54) is 39.8 Å². The van der Waals surface area contributed by atoms with E-state index in [2.05, 4.69) is 22.0 Å². The molecular weight excluding hydrogens is 414 g/mol. The van der Waals surface area contributed by atoms with Crippen LogP contribution in [-0.2, 0) is 12.1 Å². The van der Waals surface area contributed by atoms with Crippen LogP contribution in [-0.4, -0.2) is 35.9 Å². The van der Waals surface area contributed by atoms with E-state index in [1.54, 1.807) is 23.2 Å². The zero-order chi connectivity index (χ0) is 20.9. The van der Waals surface area contributed by atoms with Crippen LogP contribution in [0.1, 0.15) is 30.9 Å². The highest BCUT2D eigenvalue weighted by Crippen LogP contribution is 2.42. The van der Waals surface area contributed by atoms with E-state index >= 15 is 0 Å². The van der Waals surface area contributed by atoms with E-state index in [-0.39, 0.29) is 12.1 Å². The largest absolute Gasteiger partial charge is 0.382 e. The third-order valence-corrected chi connectivity index (χ3v) is 7.88. The van der Waals surface area contributed by atoms with Crippen molar-refractivity contribution < 1.29 is 13.9 Å². The van der Waals surface area contributed by atoms with Crippen LogP contribution < -0.4 is 0 Å². The molecule has 0 aliphatic carbocycles. The first-order valence-electron chi connectivity index (χ1n) is 9.08.